The summed E-state index contributed by atoms with van der Waals surface area (Å²) in [5.74, 6) is 0. The van der Waals surface area contributed by atoms with Crippen molar-refractivity contribution in [3.8, 4) is 0 Å². The molecule has 2 rings (SSSR count). The summed E-state index contributed by atoms with van der Waals surface area (Å²) in [5.41, 5.74) is 5.96. The van der Waals surface area contributed by atoms with E-state index in [4.69, 9.17) is 0 Å². The van der Waals surface area contributed by atoms with E-state index in [0.29, 0.717) is 0 Å². The van der Waals surface area contributed by atoms with Crippen LogP contribution < -0.4 is 5.43 Å². The minimum Gasteiger partial charge on any atom is -0.326 e. The molecule has 0 radical (unpaired) electrons. The maximum Gasteiger partial charge on any atom is 0.0695 e. The second-order valence-electron chi connectivity index (χ2n) is 3.61. The predicted octanol–water partition coefficient (Wildman–Crippen LogP) is 2.90. The molecule has 1 heterocycles. The Bertz CT molecular complexity index is 429. The van der Waals surface area contributed by atoms with Crippen LogP contribution in [0, 0.1) is 6.92 Å². The Morgan fingerprint density at radius 1 is 1.29 bits per heavy atom. The molecular weight excluding hydrogens is 172 g/mol. The maximum absolute atomic E-state index is 3.37. The lowest BCUT2D eigenvalue weighted by Crippen LogP contribution is -2.13. The van der Waals surface area contributed by atoms with Crippen LogP contribution in [0.2, 0.25) is 0 Å². The average Bonchev–Trinajstić information content (AvgIpc) is 2.54. The van der Waals surface area contributed by atoms with Gasteiger partial charge in [0.15, 0.2) is 0 Å². The summed E-state index contributed by atoms with van der Waals surface area (Å²) in [6.45, 7) is 5.33. The summed E-state index contributed by atoms with van der Waals surface area (Å²) in [4.78, 5) is 0. The Kier molecular flexibility index (Phi) is 2.44. The van der Waals surface area contributed by atoms with Gasteiger partial charge in [0, 0.05) is 18.1 Å². The highest BCUT2D eigenvalue weighted by Crippen LogP contribution is 2.18. The summed E-state index contributed by atoms with van der Waals surface area (Å²) in [6.07, 6.45) is 3.30. The molecule has 2 aromatic rings. The van der Waals surface area contributed by atoms with Gasteiger partial charge in [-0.05, 0) is 25.0 Å². The highest BCUT2D eigenvalue weighted by molar-refractivity contribution is 5.83. The number of aromatic nitrogens is 1. The number of para-hydroxylation sites is 1. The molecule has 14 heavy (non-hydrogen) atoms. The van der Waals surface area contributed by atoms with Gasteiger partial charge < -0.3 is 5.43 Å². The molecule has 0 aliphatic rings. The Morgan fingerprint density at radius 3 is 2.86 bits per heavy atom. The molecule has 0 saturated carbocycles. The lowest BCUT2D eigenvalue weighted by atomic mass is 10.2. The van der Waals surface area contributed by atoms with Crippen LogP contribution in [-0.2, 0) is 0 Å². The summed E-state index contributed by atoms with van der Waals surface area (Å²) in [7, 11) is 0. The van der Waals surface area contributed by atoms with Crippen molar-refractivity contribution in [2.24, 2.45) is 0 Å². The van der Waals surface area contributed by atoms with E-state index in [-0.39, 0.29) is 0 Å². The zero-order valence-electron chi connectivity index (χ0n) is 8.75. The molecule has 1 aromatic carbocycles. The largest absolute Gasteiger partial charge is 0.326 e. The van der Waals surface area contributed by atoms with Crippen LogP contribution in [0.4, 0.5) is 0 Å². The summed E-state index contributed by atoms with van der Waals surface area (Å²) < 4.78 is 2.12. The molecule has 0 aliphatic carbocycles. The van der Waals surface area contributed by atoms with E-state index in [9.17, 15) is 0 Å². The molecule has 2 heteroatoms. The van der Waals surface area contributed by atoms with E-state index < -0.39 is 0 Å². The first-order chi connectivity index (χ1) is 6.83. The first-order valence-electron chi connectivity index (χ1n) is 5.13. The molecular formula is C12H16N2. The lowest BCUT2D eigenvalue weighted by molar-refractivity contribution is 0.830. The number of benzene rings is 1. The van der Waals surface area contributed by atoms with Crippen molar-refractivity contribution >= 4 is 10.9 Å². The van der Waals surface area contributed by atoms with E-state index in [1.807, 2.05) is 0 Å². The van der Waals surface area contributed by atoms with Crippen molar-refractivity contribution in [3.05, 3.63) is 36.0 Å². The fourth-order valence-corrected chi connectivity index (χ4v) is 1.71. The van der Waals surface area contributed by atoms with Crippen molar-refractivity contribution in [2.45, 2.75) is 20.3 Å². The minimum absolute atomic E-state index is 1.01. The molecule has 0 amide bonds. The second-order valence-corrected chi connectivity index (χ2v) is 3.61. The number of rotatable bonds is 3. The van der Waals surface area contributed by atoms with Gasteiger partial charge in [0.25, 0.3) is 0 Å². The first-order valence-corrected chi connectivity index (χ1v) is 5.13. The molecule has 1 N–H and O–H groups in total. The maximum atomic E-state index is 3.37. The zero-order valence-corrected chi connectivity index (χ0v) is 8.75. The summed E-state index contributed by atoms with van der Waals surface area (Å²) >= 11 is 0. The van der Waals surface area contributed by atoms with Crippen molar-refractivity contribution in [2.75, 3.05) is 12.0 Å². The second kappa shape index (κ2) is 3.74. The molecule has 0 spiro atoms. The lowest BCUT2D eigenvalue weighted by Gasteiger charge is -2.06. The first kappa shape index (κ1) is 9.13. The van der Waals surface area contributed by atoms with Gasteiger partial charge in [-0.3, -0.25) is 4.68 Å². The normalized spacial score (nSPS) is 10.7. The zero-order chi connectivity index (χ0) is 9.97. The molecule has 1 aromatic heterocycles. The van der Waals surface area contributed by atoms with E-state index in [2.05, 4.69) is 54.4 Å². The van der Waals surface area contributed by atoms with Crippen LogP contribution >= 0.6 is 0 Å². The predicted molar refractivity (Wildman–Crippen MR) is 61.2 cm³/mol. The van der Waals surface area contributed by atoms with Gasteiger partial charge in [-0.2, -0.15) is 0 Å². The number of nitrogens with one attached hydrogen (secondary N) is 1. The van der Waals surface area contributed by atoms with Gasteiger partial charge in [-0.25, -0.2) is 0 Å². The van der Waals surface area contributed by atoms with Crippen molar-refractivity contribution in [1.29, 1.82) is 0 Å². The monoisotopic (exact) mass is 188 g/mol. The summed E-state index contributed by atoms with van der Waals surface area (Å²) in [6, 6.07) is 8.46. The molecule has 0 saturated heterocycles. The standard InChI is InChI=1S/C12H16N2/c1-3-8-13-14-9-10(2)11-6-4-5-7-12(11)14/h4-7,9,13H,3,8H2,1-2H3. The van der Waals surface area contributed by atoms with Gasteiger partial charge >= 0.3 is 0 Å². The quantitative estimate of drug-likeness (QED) is 0.783. The number of hydrogen-bond acceptors (Lipinski definition) is 1. The third-order valence-corrected chi connectivity index (χ3v) is 2.44. The Balaban J connectivity index is 2.44. The number of nitrogens with zero attached hydrogens (tertiary/aromatic N) is 1. The highest BCUT2D eigenvalue weighted by atomic mass is 15.4. The van der Waals surface area contributed by atoms with Crippen molar-refractivity contribution in [3.63, 3.8) is 0 Å². The van der Waals surface area contributed by atoms with Gasteiger partial charge in [-0.15, -0.1) is 0 Å². The van der Waals surface area contributed by atoms with Crippen LogP contribution in [0.25, 0.3) is 10.9 Å². The van der Waals surface area contributed by atoms with Crippen LogP contribution in [0.3, 0.4) is 0 Å². The van der Waals surface area contributed by atoms with Gasteiger partial charge in [0.1, 0.15) is 0 Å². The van der Waals surface area contributed by atoms with Gasteiger partial charge in [0.05, 0.1) is 5.52 Å². The van der Waals surface area contributed by atoms with Crippen LogP contribution in [0.1, 0.15) is 18.9 Å². The molecule has 2 nitrogen and oxygen atoms in total. The molecule has 0 fully saturated rings. The van der Waals surface area contributed by atoms with Gasteiger partial charge in [0.2, 0.25) is 0 Å². The van der Waals surface area contributed by atoms with Gasteiger partial charge in [-0.1, -0.05) is 25.1 Å². The molecule has 0 unspecified atom stereocenters. The fraction of sp³-hybridized carbons (Fsp3) is 0.333. The van der Waals surface area contributed by atoms with Crippen molar-refractivity contribution < 1.29 is 0 Å². The van der Waals surface area contributed by atoms with E-state index >= 15 is 0 Å². The average molecular weight is 188 g/mol. The number of aryl methyl sites for hydroxylation is 1. The fourth-order valence-electron chi connectivity index (χ4n) is 1.71. The number of hydrogen-bond donors (Lipinski definition) is 1. The van der Waals surface area contributed by atoms with E-state index in [0.717, 1.165) is 13.0 Å². The topological polar surface area (TPSA) is 17.0 Å². The molecule has 0 atom stereocenters. The van der Waals surface area contributed by atoms with E-state index in [1.165, 1.54) is 16.5 Å². The minimum atomic E-state index is 1.01. The van der Waals surface area contributed by atoms with Crippen LogP contribution in [-0.4, -0.2) is 11.2 Å². The van der Waals surface area contributed by atoms with Crippen molar-refractivity contribution in [1.82, 2.24) is 4.68 Å². The highest BCUT2D eigenvalue weighted by Gasteiger charge is 2.02. The van der Waals surface area contributed by atoms with E-state index in [1.54, 1.807) is 0 Å². The third kappa shape index (κ3) is 1.48. The third-order valence-electron chi connectivity index (χ3n) is 2.44. The summed E-state index contributed by atoms with van der Waals surface area (Å²) in [5, 5.41) is 1.33. The van der Waals surface area contributed by atoms with Crippen LogP contribution in [0.5, 0.6) is 0 Å². The molecule has 0 aliphatic heterocycles. The molecule has 0 bridgehead atoms. The SMILES string of the molecule is CCCNn1cc(C)c2ccccc21. The Morgan fingerprint density at radius 2 is 2.07 bits per heavy atom. The molecule has 74 valence electrons. The Hall–Kier alpha value is -1.44. The van der Waals surface area contributed by atoms with Crippen LogP contribution in [0.15, 0.2) is 30.5 Å². The Labute approximate surface area is 84.5 Å². The number of fused-ring (bicyclic) bond motifs is 1. The smallest absolute Gasteiger partial charge is 0.0695 e.